The van der Waals surface area contributed by atoms with Gasteiger partial charge in [-0.1, -0.05) is 0 Å². The molecule has 17 heavy (non-hydrogen) atoms. The van der Waals surface area contributed by atoms with Gasteiger partial charge in [-0.15, -0.1) is 0 Å². The van der Waals surface area contributed by atoms with Gasteiger partial charge in [0.2, 0.25) is 5.91 Å². The number of hydrogen-bond acceptors (Lipinski definition) is 5. The van der Waals surface area contributed by atoms with Crippen molar-refractivity contribution in [3.05, 3.63) is 0 Å². The smallest absolute Gasteiger partial charge is 0.329 e. The van der Waals surface area contributed by atoms with E-state index < -0.39 is 12.0 Å². The lowest BCUT2D eigenvalue weighted by molar-refractivity contribution is -0.144. The van der Waals surface area contributed by atoms with E-state index in [1.54, 1.807) is 0 Å². The van der Waals surface area contributed by atoms with Crippen LogP contribution in [-0.2, 0) is 14.3 Å². The molecule has 0 aliphatic heterocycles. The van der Waals surface area contributed by atoms with Crippen LogP contribution in [0.25, 0.3) is 0 Å². The molecule has 1 aliphatic carbocycles. The van der Waals surface area contributed by atoms with Gasteiger partial charge < -0.3 is 20.5 Å². The summed E-state index contributed by atoms with van der Waals surface area (Å²) in [5, 5.41) is 15.1. The molecule has 0 saturated heterocycles. The van der Waals surface area contributed by atoms with Gasteiger partial charge in [0.25, 0.3) is 0 Å². The number of ether oxygens (including phenoxy) is 1. The van der Waals surface area contributed by atoms with Crippen LogP contribution in [0, 0.1) is 5.92 Å². The second kappa shape index (κ2) is 6.56. The van der Waals surface area contributed by atoms with Crippen molar-refractivity contribution in [2.45, 2.75) is 31.9 Å². The third-order valence-corrected chi connectivity index (χ3v) is 2.73. The molecule has 1 fully saturated rings. The van der Waals surface area contributed by atoms with Crippen molar-refractivity contribution in [2.75, 3.05) is 20.2 Å². The lowest BCUT2D eigenvalue weighted by atomic mass is 10.2. The summed E-state index contributed by atoms with van der Waals surface area (Å²) in [6, 6.07) is -0.705. The summed E-state index contributed by atoms with van der Waals surface area (Å²) >= 11 is 0. The maximum atomic E-state index is 11.3. The van der Waals surface area contributed by atoms with Crippen molar-refractivity contribution in [2.24, 2.45) is 5.92 Å². The van der Waals surface area contributed by atoms with Crippen LogP contribution in [0.5, 0.6) is 0 Å². The minimum Gasteiger partial charge on any atom is -0.467 e. The molecule has 0 spiro atoms. The van der Waals surface area contributed by atoms with Gasteiger partial charge in [-0.05, 0) is 18.8 Å². The summed E-state index contributed by atoms with van der Waals surface area (Å²) in [4.78, 5) is 22.2. The molecule has 1 aliphatic rings. The van der Waals surface area contributed by atoms with Gasteiger partial charge in [-0.2, -0.15) is 0 Å². The van der Waals surface area contributed by atoms with Gasteiger partial charge in [-0.25, -0.2) is 4.79 Å². The van der Waals surface area contributed by atoms with E-state index >= 15 is 0 Å². The normalized spacial score (nSPS) is 18.3. The number of carbonyl (C=O) groups is 2. The zero-order chi connectivity index (χ0) is 12.8. The van der Waals surface area contributed by atoms with Crippen molar-refractivity contribution in [1.29, 1.82) is 0 Å². The standard InChI is InChI=1S/C11H20N2O4/c1-7(14)13-9(11(16)17-2)5-12-6-10(15)8-3-4-8/h8-10,12,15H,3-6H2,1-2H3,(H,13,14). The number of esters is 1. The fourth-order valence-corrected chi connectivity index (χ4v) is 1.60. The summed E-state index contributed by atoms with van der Waals surface area (Å²) in [6.07, 6.45) is 1.76. The number of nitrogens with one attached hydrogen (secondary N) is 2. The molecule has 3 N–H and O–H groups in total. The molecule has 0 aromatic rings. The summed E-state index contributed by atoms with van der Waals surface area (Å²) in [7, 11) is 1.27. The first-order valence-corrected chi connectivity index (χ1v) is 5.78. The third kappa shape index (κ3) is 5.14. The van der Waals surface area contributed by atoms with Gasteiger partial charge in [0.1, 0.15) is 6.04 Å². The molecule has 98 valence electrons. The van der Waals surface area contributed by atoms with Gasteiger partial charge in [0.05, 0.1) is 13.2 Å². The van der Waals surface area contributed by atoms with E-state index in [0.717, 1.165) is 12.8 Å². The van der Waals surface area contributed by atoms with Crippen molar-refractivity contribution in [3.63, 3.8) is 0 Å². The van der Waals surface area contributed by atoms with E-state index in [1.165, 1.54) is 14.0 Å². The van der Waals surface area contributed by atoms with Gasteiger partial charge in [0, 0.05) is 20.0 Å². The summed E-state index contributed by atoms with van der Waals surface area (Å²) in [6.45, 7) is 2.03. The molecular weight excluding hydrogens is 224 g/mol. The maximum Gasteiger partial charge on any atom is 0.329 e. The van der Waals surface area contributed by atoms with Gasteiger partial charge in [-0.3, -0.25) is 4.79 Å². The van der Waals surface area contributed by atoms with Crippen LogP contribution in [0.4, 0.5) is 0 Å². The Bertz CT molecular complexity index is 279. The lowest BCUT2D eigenvalue weighted by Crippen LogP contribution is -2.48. The molecule has 0 aromatic carbocycles. The Kier molecular flexibility index (Phi) is 5.37. The van der Waals surface area contributed by atoms with Gasteiger partial charge >= 0.3 is 5.97 Å². The number of aliphatic hydroxyl groups excluding tert-OH is 1. The average Bonchev–Trinajstić information content (AvgIpc) is 3.09. The minimum atomic E-state index is -0.705. The molecule has 1 saturated carbocycles. The Morgan fingerprint density at radius 2 is 2.06 bits per heavy atom. The van der Waals surface area contributed by atoms with Crippen LogP contribution in [-0.4, -0.2) is 49.3 Å². The number of rotatable bonds is 7. The number of methoxy groups -OCH3 is 1. The zero-order valence-electron chi connectivity index (χ0n) is 10.2. The van der Waals surface area contributed by atoms with E-state index in [2.05, 4.69) is 15.4 Å². The predicted octanol–water partition coefficient (Wildman–Crippen LogP) is -0.975. The molecule has 6 heteroatoms. The first-order chi connectivity index (χ1) is 8.04. The highest BCUT2D eigenvalue weighted by atomic mass is 16.5. The Labute approximate surface area is 101 Å². The van der Waals surface area contributed by atoms with Gasteiger partial charge in [0.15, 0.2) is 0 Å². The number of amides is 1. The molecule has 0 radical (unpaired) electrons. The first-order valence-electron chi connectivity index (χ1n) is 5.78. The van der Waals surface area contributed by atoms with Crippen molar-refractivity contribution in [3.8, 4) is 0 Å². The molecule has 2 unspecified atom stereocenters. The minimum absolute atomic E-state index is 0.260. The van der Waals surface area contributed by atoms with Crippen LogP contribution in [0.15, 0.2) is 0 Å². The fraction of sp³-hybridized carbons (Fsp3) is 0.818. The highest BCUT2D eigenvalue weighted by Crippen LogP contribution is 2.32. The second-order valence-corrected chi connectivity index (χ2v) is 4.34. The quantitative estimate of drug-likeness (QED) is 0.501. The Hall–Kier alpha value is -1.14. The SMILES string of the molecule is COC(=O)C(CNCC(O)C1CC1)NC(C)=O. The van der Waals surface area contributed by atoms with Crippen LogP contribution in [0.3, 0.4) is 0 Å². The van der Waals surface area contributed by atoms with E-state index in [1.807, 2.05) is 0 Å². The predicted molar refractivity (Wildman–Crippen MR) is 61.2 cm³/mol. The molecule has 2 atom stereocenters. The maximum absolute atomic E-state index is 11.3. The summed E-state index contributed by atoms with van der Waals surface area (Å²) < 4.78 is 4.57. The molecule has 0 heterocycles. The van der Waals surface area contributed by atoms with Crippen molar-refractivity contribution in [1.82, 2.24) is 10.6 Å². The zero-order valence-corrected chi connectivity index (χ0v) is 10.2. The first kappa shape index (κ1) is 13.9. The van der Waals surface area contributed by atoms with Crippen LogP contribution < -0.4 is 10.6 Å². The van der Waals surface area contributed by atoms with Crippen molar-refractivity contribution < 1.29 is 19.4 Å². The largest absolute Gasteiger partial charge is 0.467 e. The summed E-state index contributed by atoms with van der Waals surface area (Å²) in [5.74, 6) is -0.390. The molecular formula is C11H20N2O4. The molecule has 0 bridgehead atoms. The molecule has 1 amide bonds. The Balaban J connectivity index is 2.26. The highest BCUT2D eigenvalue weighted by molar-refractivity contribution is 5.83. The van der Waals surface area contributed by atoms with Crippen molar-refractivity contribution >= 4 is 11.9 Å². The molecule has 6 nitrogen and oxygen atoms in total. The lowest BCUT2D eigenvalue weighted by Gasteiger charge is -2.17. The molecule has 1 rings (SSSR count). The van der Waals surface area contributed by atoms with E-state index in [4.69, 9.17) is 0 Å². The fourth-order valence-electron chi connectivity index (χ4n) is 1.60. The Morgan fingerprint density at radius 3 is 2.53 bits per heavy atom. The highest BCUT2D eigenvalue weighted by Gasteiger charge is 2.29. The third-order valence-electron chi connectivity index (χ3n) is 2.73. The average molecular weight is 244 g/mol. The Morgan fingerprint density at radius 1 is 1.41 bits per heavy atom. The second-order valence-electron chi connectivity index (χ2n) is 4.34. The number of aliphatic hydroxyl groups is 1. The molecule has 0 aromatic heterocycles. The van der Waals surface area contributed by atoms with Crippen LogP contribution in [0.2, 0.25) is 0 Å². The van der Waals surface area contributed by atoms with E-state index in [9.17, 15) is 14.7 Å². The summed E-state index contributed by atoms with van der Waals surface area (Å²) in [5.41, 5.74) is 0. The number of carbonyl (C=O) groups excluding carboxylic acids is 2. The van der Waals surface area contributed by atoms with E-state index in [0.29, 0.717) is 12.5 Å². The van der Waals surface area contributed by atoms with Crippen LogP contribution >= 0.6 is 0 Å². The monoisotopic (exact) mass is 244 g/mol. The number of hydrogen-bond donors (Lipinski definition) is 3. The topological polar surface area (TPSA) is 87.7 Å². The van der Waals surface area contributed by atoms with E-state index in [-0.39, 0.29) is 18.6 Å². The van der Waals surface area contributed by atoms with Crippen LogP contribution in [0.1, 0.15) is 19.8 Å².